The first-order chi connectivity index (χ1) is 12.4. The van der Waals surface area contributed by atoms with E-state index < -0.39 is 10.0 Å². The summed E-state index contributed by atoms with van der Waals surface area (Å²) < 4.78 is 31.8. The lowest BCUT2D eigenvalue weighted by atomic mass is 10.0. The Morgan fingerprint density at radius 3 is 2.38 bits per heavy atom. The molecule has 0 saturated heterocycles. The number of benzene rings is 2. The van der Waals surface area contributed by atoms with Gasteiger partial charge < -0.3 is 10.1 Å². The summed E-state index contributed by atoms with van der Waals surface area (Å²) in [5.41, 5.74) is 1.26. The second-order valence-corrected chi connectivity index (χ2v) is 7.50. The van der Waals surface area contributed by atoms with Crippen LogP contribution in [0.3, 0.4) is 0 Å². The summed E-state index contributed by atoms with van der Waals surface area (Å²) in [5.74, 6) is 0.428. The Balaban J connectivity index is 2.19. The van der Waals surface area contributed by atoms with Crippen molar-refractivity contribution in [3.8, 4) is 5.75 Å². The van der Waals surface area contributed by atoms with Gasteiger partial charge in [-0.15, -0.1) is 0 Å². The zero-order chi connectivity index (χ0) is 19.2. The molecule has 2 N–H and O–H groups in total. The summed E-state index contributed by atoms with van der Waals surface area (Å²) >= 11 is 0. The predicted octanol–water partition coefficient (Wildman–Crippen LogP) is 2.87. The maximum Gasteiger partial charge on any atom is 0.251 e. The Hall–Kier alpha value is -2.38. The molecule has 1 amide bonds. The van der Waals surface area contributed by atoms with Crippen molar-refractivity contribution in [3.05, 3.63) is 59.7 Å². The number of hydrogen-bond acceptors (Lipinski definition) is 4. The molecule has 26 heavy (non-hydrogen) atoms. The van der Waals surface area contributed by atoms with Crippen molar-refractivity contribution in [2.24, 2.45) is 0 Å². The molecular weight excluding hydrogens is 352 g/mol. The van der Waals surface area contributed by atoms with Crippen LogP contribution >= 0.6 is 0 Å². The number of sulfonamides is 1. The van der Waals surface area contributed by atoms with Gasteiger partial charge in [0.1, 0.15) is 5.75 Å². The van der Waals surface area contributed by atoms with Crippen LogP contribution in [0.1, 0.15) is 42.2 Å². The Kier molecular flexibility index (Phi) is 6.76. The first-order valence-electron chi connectivity index (χ1n) is 8.45. The number of amides is 1. The zero-order valence-corrected chi connectivity index (χ0v) is 16.0. The first kappa shape index (κ1) is 19.9. The van der Waals surface area contributed by atoms with E-state index in [0.717, 1.165) is 11.3 Å². The first-order valence-corrected chi connectivity index (χ1v) is 9.94. The summed E-state index contributed by atoms with van der Waals surface area (Å²) in [6.45, 7) is 3.96. The Morgan fingerprint density at radius 1 is 1.12 bits per heavy atom. The smallest absolute Gasteiger partial charge is 0.251 e. The van der Waals surface area contributed by atoms with Crippen LogP contribution in [0, 0.1) is 0 Å². The Morgan fingerprint density at radius 2 is 1.81 bits per heavy atom. The molecule has 0 bridgehead atoms. The molecule has 0 aromatic heterocycles. The minimum Gasteiger partial charge on any atom is -0.497 e. The molecular formula is C19H24N2O4S. The van der Waals surface area contributed by atoms with E-state index in [1.54, 1.807) is 26.2 Å². The summed E-state index contributed by atoms with van der Waals surface area (Å²) in [7, 11) is -2.00. The molecule has 2 aromatic rings. The highest BCUT2D eigenvalue weighted by molar-refractivity contribution is 7.89. The van der Waals surface area contributed by atoms with Gasteiger partial charge in [-0.25, -0.2) is 13.1 Å². The van der Waals surface area contributed by atoms with Crippen LogP contribution in [0.2, 0.25) is 0 Å². The van der Waals surface area contributed by atoms with Crippen LogP contribution in [0.5, 0.6) is 5.75 Å². The predicted molar refractivity (Wildman–Crippen MR) is 101 cm³/mol. The number of methoxy groups -OCH3 is 1. The summed E-state index contributed by atoms with van der Waals surface area (Å²) in [4.78, 5) is 12.7. The van der Waals surface area contributed by atoms with Gasteiger partial charge in [0.05, 0.1) is 18.0 Å². The number of rotatable bonds is 8. The summed E-state index contributed by atoms with van der Waals surface area (Å²) in [6.07, 6.45) is 0.702. The monoisotopic (exact) mass is 376 g/mol. The number of hydrogen-bond donors (Lipinski definition) is 2. The van der Waals surface area contributed by atoms with E-state index in [1.807, 2.05) is 31.2 Å². The molecule has 2 aromatic carbocycles. The highest BCUT2D eigenvalue weighted by Crippen LogP contribution is 2.21. The Bertz CT molecular complexity index is 848. The zero-order valence-electron chi connectivity index (χ0n) is 15.2. The van der Waals surface area contributed by atoms with Crippen molar-refractivity contribution in [1.29, 1.82) is 0 Å². The largest absolute Gasteiger partial charge is 0.497 e. The van der Waals surface area contributed by atoms with Crippen molar-refractivity contribution < 1.29 is 17.9 Å². The number of carbonyl (C=O) groups is 1. The quantitative estimate of drug-likeness (QED) is 0.742. The molecule has 6 nitrogen and oxygen atoms in total. The molecule has 0 saturated carbocycles. The second kappa shape index (κ2) is 8.82. The fraction of sp³-hybridized carbons (Fsp3) is 0.316. The van der Waals surface area contributed by atoms with Gasteiger partial charge in [-0.2, -0.15) is 0 Å². The van der Waals surface area contributed by atoms with Crippen molar-refractivity contribution >= 4 is 15.9 Å². The van der Waals surface area contributed by atoms with Crippen molar-refractivity contribution in [2.45, 2.75) is 31.2 Å². The van der Waals surface area contributed by atoms with E-state index in [9.17, 15) is 13.2 Å². The van der Waals surface area contributed by atoms with Gasteiger partial charge in [0, 0.05) is 12.1 Å². The van der Waals surface area contributed by atoms with Crippen molar-refractivity contribution in [2.75, 3.05) is 13.7 Å². The number of ether oxygens (including phenoxy) is 1. The molecule has 7 heteroatoms. The molecule has 0 aliphatic heterocycles. The fourth-order valence-electron chi connectivity index (χ4n) is 2.58. The van der Waals surface area contributed by atoms with Gasteiger partial charge in [-0.3, -0.25) is 4.79 Å². The normalized spacial score (nSPS) is 12.4. The lowest BCUT2D eigenvalue weighted by Gasteiger charge is -2.18. The van der Waals surface area contributed by atoms with Gasteiger partial charge in [0.2, 0.25) is 10.0 Å². The molecule has 0 fully saturated rings. The van der Waals surface area contributed by atoms with E-state index in [2.05, 4.69) is 10.0 Å². The van der Waals surface area contributed by atoms with Crippen LogP contribution in [0.4, 0.5) is 0 Å². The van der Waals surface area contributed by atoms with E-state index in [-0.39, 0.29) is 23.4 Å². The van der Waals surface area contributed by atoms with Crippen LogP contribution in [0.25, 0.3) is 0 Å². The van der Waals surface area contributed by atoms with E-state index in [4.69, 9.17) is 4.74 Å². The van der Waals surface area contributed by atoms with Gasteiger partial charge >= 0.3 is 0 Å². The van der Waals surface area contributed by atoms with Crippen molar-refractivity contribution in [1.82, 2.24) is 10.0 Å². The lowest BCUT2D eigenvalue weighted by molar-refractivity contribution is 0.0935. The minimum absolute atomic E-state index is 0.0736. The third-order valence-corrected chi connectivity index (χ3v) is 5.52. The number of nitrogens with one attached hydrogen (secondary N) is 2. The van der Waals surface area contributed by atoms with Gasteiger partial charge in [0.25, 0.3) is 5.91 Å². The van der Waals surface area contributed by atoms with E-state index in [1.165, 1.54) is 12.1 Å². The SMILES string of the molecule is CCNS(=O)(=O)c1cccc(C(=O)NC(CC)c2ccc(OC)cc2)c1. The molecule has 1 atom stereocenters. The third-order valence-electron chi connectivity index (χ3n) is 3.97. The highest BCUT2D eigenvalue weighted by atomic mass is 32.2. The van der Waals surface area contributed by atoms with Crippen LogP contribution in [-0.4, -0.2) is 28.0 Å². The standard InChI is InChI=1S/C19H24N2O4S/c1-4-18(14-9-11-16(25-3)12-10-14)21-19(22)15-7-6-8-17(13-15)26(23,24)20-5-2/h6-13,18,20H,4-5H2,1-3H3,(H,21,22). The van der Waals surface area contributed by atoms with E-state index >= 15 is 0 Å². The molecule has 0 heterocycles. The summed E-state index contributed by atoms with van der Waals surface area (Å²) in [5, 5.41) is 2.95. The molecule has 0 aliphatic rings. The third kappa shape index (κ3) is 4.83. The molecule has 0 radical (unpaired) electrons. The molecule has 2 rings (SSSR count). The second-order valence-electron chi connectivity index (χ2n) is 5.74. The van der Waals surface area contributed by atoms with Gasteiger partial charge in [0.15, 0.2) is 0 Å². The van der Waals surface area contributed by atoms with Crippen LogP contribution < -0.4 is 14.8 Å². The van der Waals surface area contributed by atoms with E-state index in [0.29, 0.717) is 12.0 Å². The van der Waals surface area contributed by atoms with Crippen molar-refractivity contribution in [3.63, 3.8) is 0 Å². The van der Waals surface area contributed by atoms with Crippen LogP contribution in [-0.2, 0) is 10.0 Å². The average molecular weight is 376 g/mol. The van der Waals surface area contributed by atoms with Gasteiger partial charge in [-0.1, -0.05) is 32.0 Å². The lowest BCUT2D eigenvalue weighted by Crippen LogP contribution is -2.28. The molecule has 0 aliphatic carbocycles. The maximum atomic E-state index is 12.6. The summed E-state index contributed by atoms with van der Waals surface area (Å²) in [6, 6.07) is 13.3. The van der Waals surface area contributed by atoms with Gasteiger partial charge in [-0.05, 0) is 42.3 Å². The number of carbonyl (C=O) groups excluding carboxylic acids is 1. The minimum atomic E-state index is -3.60. The molecule has 0 spiro atoms. The molecule has 1 unspecified atom stereocenters. The maximum absolute atomic E-state index is 12.6. The Labute approximate surface area is 154 Å². The highest BCUT2D eigenvalue weighted by Gasteiger charge is 2.18. The van der Waals surface area contributed by atoms with Crippen LogP contribution in [0.15, 0.2) is 53.4 Å². The topological polar surface area (TPSA) is 84.5 Å². The average Bonchev–Trinajstić information content (AvgIpc) is 2.66. The fourth-order valence-corrected chi connectivity index (χ4v) is 3.66. The molecule has 140 valence electrons.